The predicted octanol–water partition coefficient (Wildman–Crippen LogP) is 4.81. The summed E-state index contributed by atoms with van der Waals surface area (Å²) >= 11 is 0. The van der Waals surface area contributed by atoms with Crippen LogP contribution in [0.3, 0.4) is 0 Å². The zero-order chi connectivity index (χ0) is 20.5. The molecule has 0 radical (unpaired) electrons. The number of H-pyrrole nitrogens is 1. The van der Waals surface area contributed by atoms with E-state index in [2.05, 4.69) is 42.6 Å². The zero-order valence-electron chi connectivity index (χ0n) is 17.7. The molecule has 0 bridgehead atoms. The van der Waals surface area contributed by atoms with Crippen LogP contribution < -0.4 is 5.32 Å². The van der Waals surface area contributed by atoms with Gasteiger partial charge in [-0.2, -0.15) is 0 Å². The second-order valence-corrected chi connectivity index (χ2v) is 8.43. The molecule has 2 aromatic heterocycles. The lowest BCUT2D eigenvalue weighted by Crippen LogP contribution is -2.21. The molecule has 1 atom stereocenters. The fourth-order valence-electron chi connectivity index (χ4n) is 4.13. The molecule has 3 heterocycles. The van der Waals surface area contributed by atoms with E-state index in [1.54, 1.807) is 0 Å². The smallest absolute Gasteiger partial charge is 0.225 e. The Kier molecular flexibility index (Phi) is 5.46. The Bertz CT molecular complexity index is 992. The molecule has 6 nitrogen and oxygen atoms in total. The van der Waals surface area contributed by atoms with Crippen LogP contribution in [0.2, 0.25) is 0 Å². The van der Waals surface area contributed by atoms with E-state index in [0.717, 1.165) is 65.5 Å². The number of carbonyl (C=O) groups excluding carboxylic acids is 1. The number of rotatable bonds is 6. The number of nitrogens with zero attached hydrogens (tertiary/aromatic N) is 2. The monoisotopic (exact) mass is 394 g/mol. The summed E-state index contributed by atoms with van der Waals surface area (Å²) in [6, 6.07) is 8.00. The number of fused-ring (bicyclic) bond motifs is 1. The maximum atomic E-state index is 12.7. The van der Waals surface area contributed by atoms with Crippen LogP contribution in [0.5, 0.6) is 0 Å². The molecule has 2 N–H and O–H groups in total. The minimum atomic E-state index is 0.0310. The molecule has 29 heavy (non-hydrogen) atoms. The lowest BCUT2D eigenvalue weighted by Gasteiger charge is -2.17. The lowest BCUT2D eigenvalue weighted by atomic mass is 10.1. The number of benzene rings is 1. The number of amides is 1. The standard InChI is InChI=1S/C23H30N4O2/c1-14(2)12-20(28)26-23-21(22-24-18-9-5-6-10-19(18)25-22)15(3)16(4)27(23)13-17-8-7-11-29-17/h5-6,9-10,14,17H,7-8,11-13H2,1-4H3,(H,24,25)(H,26,28). The number of ether oxygens (including phenoxy) is 1. The van der Waals surface area contributed by atoms with E-state index in [9.17, 15) is 4.79 Å². The molecule has 0 spiro atoms. The van der Waals surface area contributed by atoms with E-state index in [0.29, 0.717) is 12.3 Å². The molecule has 0 aliphatic carbocycles. The second-order valence-electron chi connectivity index (χ2n) is 8.43. The number of imidazole rings is 1. The van der Waals surface area contributed by atoms with Crippen LogP contribution in [0, 0.1) is 19.8 Å². The number of aromatic amines is 1. The molecule has 1 aromatic carbocycles. The first-order valence-corrected chi connectivity index (χ1v) is 10.5. The molecule has 1 aliphatic heterocycles. The van der Waals surface area contributed by atoms with Gasteiger partial charge in [0.2, 0.25) is 5.91 Å². The van der Waals surface area contributed by atoms with Gasteiger partial charge in [0.05, 0.1) is 29.2 Å². The summed E-state index contributed by atoms with van der Waals surface area (Å²) in [5.74, 6) is 1.94. The van der Waals surface area contributed by atoms with Crippen LogP contribution in [0.4, 0.5) is 5.82 Å². The Hall–Kier alpha value is -2.60. The third-order valence-corrected chi connectivity index (χ3v) is 5.72. The highest BCUT2D eigenvalue weighted by Gasteiger charge is 2.26. The summed E-state index contributed by atoms with van der Waals surface area (Å²) in [6.45, 7) is 9.87. The minimum absolute atomic E-state index is 0.0310. The van der Waals surface area contributed by atoms with E-state index >= 15 is 0 Å². The van der Waals surface area contributed by atoms with Gasteiger partial charge in [-0.15, -0.1) is 0 Å². The van der Waals surface area contributed by atoms with Crippen molar-refractivity contribution >= 4 is 22.8 Å². The Morgan fingerprint density at radius 3 is 2.83 bits per heavy atom. The van der Waals surface area contributed by atoms with Gasteiger partial charge in [-0.25, -0.2) is 4.98 Å². The Balaban J connectivity index is 1.80. The molecule has 1 saturated heterocycles. The van der Waals surface area contributed by atoms with Gasteiger partial charge in [0.25, 0.3) is 0 Å². The SMILES string of the molecule is Cc1c(-c2nc3ccccc3[nH]2)c(NC(=O)CC(C)C)n(CC2CCCO2)c1C. The predicted molar refractivity (Wildman–Crippen MR) is 116 cm³/mol. The van der Waals surface area contributed by atoms with Crippen LogP contribution in [0.15, 0.2) is 24.3 Å². The average Bonchev–Trinajstić information content (AvgIpc) is 3.37. The van der Waals surface area contributed by atoms with Crippen LogP contribution >= 0.6 is 0 Å². The maximum Gasteiger partial charge on any atom is 0.225 e. The molecule has 4 rings (SSSR count). The Labute approximate surface area is 171 Å². The van der Waals surface area contributed by atoms with E-state index in [-0.39, 0.29) is 12.0 Å². The van der Waals surface area contributed by atoms with E-state index < -0.39 is 0 Å². The van der Waals surface area contributed by atoms with Crippen molar-refractivity contribution in [1.29, 1.82) is 0 Å². The van der Waals surface area contributed by atoms with Crippen molar-refractivity contribution in [3.8, 4) is 11.4 Å². The van der Waals surface area contributed by atoms with Crippen LogP contribution in [-0.2, 0) is 16.1 Å². The van der Waals surface area contributed by atoms with Gasteiger partial charge >= 0.3 is 0 Å². The normalized spacial score (nSPS) is 16.8. The van der Waals surface area contributed by atoms with Crippen molar-refractivity contribution in [3.05, 3.63) is 35.5 Å². The van der Waals surface area contributed by atoms with Gasteiger partial charge < -0.3 is 19.6 Å². The molecule has 1 unspecified atom stereocenters. The van der Waals surface area contributed by atoms with E-state index in [4.69, 9.17) is 9.72 Å². The average molecular weight is 395 g/mol. The van der Waals surface area contributed by atoms with Gasteiger partial charge in [0, 0.05) is 18.7 Å². The van der Waals surface area contributed by atoms with Crippen molar-refractivity contribution in [2.75, 3.05) is 11.9 Å². The topological polar surface area (TPSA) is 71.9 Å². The molecule has 0 saturated carbocycles. The molecule has 3 aromatic rings. The van der Waals surface area contributed by atoms with Crippen molar-refractivity contribution < 1.29 is 9.53 Å². The molecule has 1 fully saturated rings. The number of anilines is 1. The van der Waals surface area contributed by atoms with Crippen LogP contribution in [-0.4, -0.2) is 33.2 Å². The third-order valence-electron chi connectivity index (χ3n) is 5.72. The largest absolute Gasteiger partial charge is 0.376 e. The van der Waals surface area contributed by atoms with Crippen molar-refractivity contribution in [1.82, 2.24) is 14.5 Å². The summed E-state index contributed by atoms with van der Waals surface area (Å²) in [4.78, 5) is 20.9. The number of carbonyl (C=O) groups is 1. The number of para-hydroxylation sites is 2. The molecule has 6 heteroatoms. The molecule has 1 aliphatic rings. The van der Waals surface area contributed by atoms with Crippen molar-refractivity contribution in [2.45, 2.75) is 59.6 Å². The van der Waals surface area contributed by atoms with Crippen molar-refractivity contribution in [2.24, 2.45) is 5.92 Å². The van der Waals surface area contributed by atoms with Crippen molar-refractivity contribution in [3.63, 3.8) is 0 Å². The number of nitrogens with one attached hydrogen (secondary N) is 2. The zero-order valence-corrected chi connectivity index (χ0v) is 17.7. The highest BCUT2D eigenvalue weighted by atomic mass is 16.5. The van der Waals surface area contributed by atoms with Gasteiger partial charge in [-0.05, 0) is 50.3 Å². The van der Waals surface area contributed by atoms with Crippen LogP contribution in [0.1, 0.15) is 44.4 Å². The second kappa shape index (κ2) is 8.03. The maximum absolute atomic E-state index is 12.7. The summed E-state index contributed by atoms with van der Waals surface area (Å²) in [7, 11) is 0. The molecular weight excluding hydrogens is 364 g/mol. The fraction of sp³-hybridized carbons (Fsp3) is 0.478. The Morgan fingerprint density at radius 2 is 2.14 bits per heavy atom. The summed E-state index contributed by atoms with van der Waals surface area (Å²) in [5.41, 5.74) is 5.14. The summed E-state index contributed by atoms with van der Waals surface area (Å²) in [6.07, 6.45) is 2.82. The quantitative estimate of drug-likeness (QED) is 0.630. The first-order valence-electron chi connectivity index (χ1n) is 10.5. The Morgan fingerprint density at radius 1 is 1.34 bits per heavy atom. The van der Waals surface area contributed by atoms with Crippen LogP contribution in [0.25, 0.3) is 22.4 Å². The fourth-order valence-corrected chi connectivity index (χ4v) is 4.13. The lowest BCUT2D eigenvalue weighted by molar-refractivity contribution is -0.116. The number of hydrogen-bond acceptors (Lipinski definition) is 3. The van der Waals surface area contributed by atoms with E-state index in [1.807, 2.05) is 24.3 Å². The highest BCUT2D eigenvalue weighted by Crippen LogP contribution is 2.36. The van der Waals surface area contributed by atoms with Gasteiger partial charge in [0.1, 0.15) is 11.6 Å². The first-order chi connectivity index (χ1) is 13.9. The minimum Gasteiger partial charge on any atom is -0.376 e. The third kappa shape index (κ3) is 3.94. The number of aromatic nitrogens is 3. The molecular formula is C23H30N4O2. The van der Waals surface area contributed by atoms with Gasteiger partial charge in [-0.3, -0.25) is 4.79 Å². The molecule has 154 valence electrons. The number of hydrogen-bond donors (Lipinski definition) is 2. The summed E-state index contributed by atoms with van der Waals surface area (Å²) in [5, 5.41) is 3.20. The van der Waals surface area contributed by atoms with Gasteiger partial charge in [-0.1, -0.05) is 26.0 Å². The highest BCUT2D eigenvalue weighted by molar-refractivity contribution is 5.96. The summed E-state index contributed by atoms with van der Waals surface area (Å²) < 4.78 is 8.08. The van der Waals surface area contributed by atoms with Gasteiger partial charge in [0.15, 0.2) is 0 Å². The first kappa shape index (κ1) is 19.7. The molecule has 1 amide bonds. The van der Waals surface area contributed by atoms with E-state index in [1.165, 1.54) is 0 Å².